The van der Waals surface area contributed by atoms with Crippen molar-refractivity contribution in [1.29, 1.82) is 0 Å². The second-order valence-corrected chi connectivity index (χ2v) is 8.97. The summed E-state index contributed by atoms with van der Waals surface area (Å²) in [6.45, 7) is 3.45. The maximum atomic E-state index is 12.7. The highest BCUT2D eigenvalue weighted by molar-refractivity contribution is 7.98. The maximum Gasteiger partial charge on any atom is 0.271 e. The Morgan fingerprint density at radius 3 is 2.43 bits per heavy atom. The number of benzene rings is 2. The van der Waals surface area contributed by atoms with Gasteiger partial charge in [-0.15, -0.1) is 11.8 Å². The zero-order chi connectivity index (χ0) is 21.1. The van der Waals surface area contributed by atoms with Gasteiger partial charge in [-0.2, -0.15) is 0 Å². The molecule has 1 amide bonds. The maximum absolute atomic E-state index is 12.7. The average molecular weight is 444 g/mol. The molecule has 8 nitrogen and oxygen atoms in total. The first kappa shape index (κ1) is 22.0. The number of nitrogens with one attached hydrogen (secondary N) is 2. The van der Waals surface area contributed by atoms with Gasteiger partial charge in [0.1, 0.15) is 0 Å². The van der Waals surface area contributed by atoms with E-state index in [1.54, 1.807) is 26.2 Å². The van der Waals surface area contributed by atoms with Crippen LogP contribution in [0.2, 0.25) is 5.02 Å². The molecule has 150 valence electrons. The monoisotopic (exact) mass is 443 g/mol. The van der Waals surface area contributed by atoms with Crippen molar-refractivity contribution in [3.05, 3.63) is 51.5 Å². The van der Waals surface area contributed by atoms with Gasteiger partial charge in [-0.05, 0) is 30.5 Å². The van der Waals surface area contributed by atoms with E-state index in [2.05, 4.69) is 10.0 Å². The molecule has 0 radical (unpaired) electrons. The minimum absolute atomic E-state index is 0.0169. The van der Waals surface area contributed by atoms with Crippen LogP contribution < -0.4 is 10.0 Å². The smallest absolute Gasteiger partial charge is 0.271 e. The van der Waals surface area contributed by atoms with E-state index < -0.39 is 14.9 Å². The molecular weight excluding hydrogens is 426 g/mol. The summed E-state index contributed by atoms with van der Waals surface area (Å²) in [6.07, 6.45) is 1.80. The highest BCUT2D eigenvalue weighted by atomic mass is 35.5. The number of halogens is 1. The van der Waals surface area contributed by atoms with Crippen LogP contribution in [-0.4, -0.2) is 25.5 Å². The molecule has 0 aliphatic heterocycles. The summed E-state index contributed by atoms with van der Waals surface area (Å²) in [6, 6.07) is 7.74. The van der Waals surface area contributed by atoms with Crippen LogP contribution in [0.15, 0.2) is 46.2 Å². The lowest BCUT2D eigenvalue weighted by Crippen LogP contribution is -2.19. The van der Waals surface area contributed by atoms with Crippen molar-refractivity contribution in [2.24, 2.45) is 5.92 Å². The number of rotatable bonds is 7. The molecule has 0 aromatic heterocycles. The van der Waals surface area contributed by atoms with E-state index in [1.807, 2.05) is 0 Å². The summed E-state index contributed by atoms with van der Waals surface area (Å²) in [7, 11) is -4.10. The van der Waals surface area contributed by atoms with Crippen molar-refractivity contribution < 1.29 is 18.1 Å². The molecule has 2 aromatic carbocycles. The number of sulfonamides is 1. The van der Waals surface area contributed by atoms with Crippen molar-refractivity contribution in [2.75, 3.05) is 16.3 Å². The van der Waals surface area contributed by atoms with Gasteiger partial charge in [-0.25, -0.2) is 8.42 Å². The third kappa shape index (κ3) is 5.15. The number of non-ortho nitro benzene ring substituents is 1. The SMILES string of the molecule is CSc1ccc(S(=O)(=O)Nc2cc([N+](=O)[O-])ccc2Cl)cc1NC(=O)C(C)C. The van der Waals surface area contributed by atoms with Crippen molar-refractivity contribution in [3.63, 3.8) is 0 Å². The number of amides is 1. The van der Waals surface area contributed by atoms with E-state index in [-0.39, 0.29) is 33.1 Å². The van der Waals surface area contributed by atoms with Crippen LogP contribution in [0, 0.1) is 16.0 Å². The van der Waals surface area contributed by atoms with Crippen LogP contribution in [0.5, 0.6) is 0 Å². The van der Waals surface area contributed by atoms with Gasteiger partial charge in [0.25, 0.3) is 15.7 Å². The summed E-state index contributed by atoms with van der Waals surface area (Å²) in [5, 5.41) is 13.6. The molecule has 0 unspecified atom stereocenters. The second kappa shape index (κ2) is 8.80. The van der Waals surface area contributed by atoms with Gasteiger partial charge in [0.05, 0.1) is 26.2 Å². The van der Waals surface area contributed by atoms with Crippen LogP contribution in [0.3, 0.4) is 0 Å². The summed E-state index contributed by atoms with van der Waals surface area (Å²) in [5.74, 6) is -0.531. The molecule has 0 aliphatic rings. The van der Waals surface area contributed by atoms with Gasteiger partial charge in [-0.3, -0.25) is 19.6 Å². The minimum Gasteiger partial charge on any atom is -0.325 e. The van der Waals surface area contributed by atoms with Gasteiger partial charge in [0.2, 0.25) is 5.91 Å². The molecule has 0 saturated carbocycles. The molecule has 11 heteroatoms. The predicted octanol–water partition coefficient (Wildman–Crippen LogP) is 4.37. The quantitative estimate of drug-likeness (QED) is 0.372. The molecule has 0 heterocycles. The number of carbonyl (C=O) groups excluding carboxylic acids is 1. The van der Waals surface area contributed by atoms with E-state index in [9.17, 15) is 23.3 Å². The Hall–Kier alpha value is -2.30. The molecule has 2 aromatic rings. The lowest BCUT2D eigenvalue weighted by atomic mass is 10.2. The van der Waals surface area contributed by atoms with Crippen molar-refractivity contribution in [3.8, 4) is 0 Å². The number of thioether (sulfide) groups is 1. The molecule has 0 fully saturated rings. The number of carbonyl (C=O) groups is 1. The minimum atomic E-state index is -4.10. The summed E-state index contributed by atoms with van der Waals surface area (Å²) in [4.78, 5) is 22.9. The zero-order valence-electron chi connectivity index (χ0n) is 15.2. The zero-order valence-corrected chi connectivity index (χ0v) is 17.6. The van der Waals surface area contributed by atoms with Crippen LogP contribution in [-0.2, 0) is 14.8 Å². The lowest BCUT2D eigenvalue weighted by molar-refractivity contribution is -0.384. The van der Waals surface area contributed by atoms with E-state index in [1.165, 1.54) is 36.0 Å². The second-order valence-electron chi connectivity index (χ2n) is 6.03. The van der Waals surface area contributed by atoms with Crippen LogP contribution >= 0.6 is 23.4 Å². The first-order chi connectivity index (χ1) is 13.0. The number of nitrogens with zero attached hydrogens (tertiary/aromatic N) is 1. The van der Waals surface area contributed by atoms with E-state index in [0.29, 0.717) is 10.6 Å². The number of nitro groups is 1. The van der Waals surface area contributed by atoms with Gasteiger partial charge < -0.3 is 5.32 Å². The Kier molecular flexibility index (Phi) is 6.91. The number of hydrogen-bond donors (Lipinski definition) is 2. The Balaban J connectivity index is 2.42. The summed E-state index contributed by atoms with van der Waals surface area (Å²) in [5.41, 5.74) is -0.0542. The molecule has 0 saturated heterocycles. The number of anilines is 2. The molecule has 0 spiro atoms. The topological polar surface area (TPSA) is 118 Å². The highest BCUT2D eigenvalue weighted by Crippen LogP contribution is 2.32. The molecule has 0 bridgehead atoms. The van der Waals surface area contributed by atoms with Gasteiger partial charge in [0, 0.05) is 22.9 Å². The summed E-state index contributed by atoms with van der Waals surface area (Å²) < 4.78 is 27.7. The fraction of sp³-hybridized carbons (Fsp3) is 0.235. The standard InChI is InChI=1S/C17H18ClN3O5S2/c1-10(2)17(22)19-15-9-12(5-7-16(15)27-3)28(25,26)20-14-8-11(21(23)24)4-6-13(14)18/h4-10,20H,1-3H3,(H,19,22). The fourth-order valence-corrected chi connectivity index (χ4v) is 3.99. The van der Waals surface area contributed by atoms with E-state index in [0.717, 1.165) is 6.07 Å². The van der Waals surface area contributed by atoms with E-state index in [4.69, 9.17) is 11.6 Å². The Labute approximate surface area is 171 Å². The van der Waals surface area contributed by atoms with E-state index >= 15 is 0 Å². The molecule has 0 aliphatic carbocycles. The van der Waals surface area contributed by atoms with Gasteiger partial charge in [0.15, 0.2) is 0 Å². The predicted molar refractivity (Wildman–Crippen MR) is 111 cm³/mol. The molecular formula is C17H18ClN3O5S2. The van der Waals surface area contributed by atoms with Gasteiger partial charge in [-0.1, -0.05) is 25.4 Å². The molecule has 2 N–H and O–H groups in total. The molecule has 2 rings (SSSR count). The first-order valence-corrected chi connectivity index (χ1v) is 11.1. The number of hydrogen-bond acceptors (Lipinski definition) is 6. The Morgan fingerprint density at radius 1 is 1.18 bits per heavy atom. The van der Waals surface area contributed by atoms with Crippen LogP contribution in [0.25, 0.3) is 0 Å². The van der Waals surface area contributed by atoms with Crippen molar-refractivity contribution >= 4 is 56.4 Å². The molecule has 28 heavy (non-hydrogen) atoms. The van der Waals surface area contributed by atoms with Crippen LogP contribution in [0.1, 0.15) is 13.8 Å². The Bertz CT molecular complexity index is 1030. The largest absolute Gasteiger partial charge is 0.325 e. The van der Waals surface area contributed by atoms with Crippen molar-refractivity contribution in [1.82, 2.24) is 0 Å². The first-order valence-electron chi connectivity index (χ1n) is 8.01. The van der Waals surface area contributed by atoms with Crippen LogP contribution in [0.4, 0.5) is 17.1 Å². The lowest BCUT2D eigenvalue weighted by Gasteiger charge is -2.14. The number of nitro benzene ring substituents is 1. The van der Waals surface area contributed by atoms with Gasteiger partial charge >= 0.3 is 0 Å². The summed E-state index contributed by atoms with van der Waals surface area (Å²) >= 11 is 7.32. The van der Waals surface area contributed by atoms with Crippen molar-refractivity contribution in [2.45, 2.75) is 23.6 Å². The Morgan fingerprint density at radius 2 is 1.86 bits per heavy atom. The normalized spacial score (nSPS) is 11.3. The third-order valence-electron chi connectivity index (χ3n) is 3.67. The highest BCUT2D eigenvalue weighted by Gasteiger charge is 2.20. The average Bonchev–Trinajstić information content (AvgIpc) is 2.62. The fourth-order valence-electron chi connectivity index (χ4n) is 2.14. The molecule has 0 atom stereocenters. The third-order valence-corrected chi connectivity index (χ3v) is 6.16.